The molecule has 116 valence electrons. The third kappa shape index (κ3) is 3.51. The van der Waals surface area contributed by atoms with Gasteiger partial charge in [-0.05, 0) is 25.8 Å². The minimum Gasteiger partial charge on any atom is -0.311 e. The molecule has 1 aromatic heterocycles. The number of nitrogens with one attached hydrogen (secondary N) is 1. The van der Waals surface area contributed by atoms with Crippen LogP contribution in [-0.4, -0.2) is 21.8 Å². The zero-order chi connectivity index (χ0) is 14.9. The smallest absolute Gasteiger partial charge is 0.311 e. The summed E-state index contributed by atoms with van der Waals surface area (Å²) in [5, 5.41) is 3.63. The Morgan fingerprint density at radius 3 is 2.67 bits per heavy atom. The van der Waals surface area contributed by atoms with Gasteiger partial charge in [0.25, 0.3) is 0 Å². The Morgan fingerprint density at radius 2 is 1.95 bits per heavy atom. The number of thioether (sulfide) groups is 1. The van der Waals surface area contributed by atoms with Gasteiger partial charge >= 0.3 is 6.18 Å². The molecule has 0 amide bonds. The van der Waals surface area contributed by atoms with E-state index in [1.807, 2.05) is 0 Å². The van der Waals surface area contributed by atoms with Gasteiger partial charge < -0.3 is 5.32 Å². The van der Waals surface area contributed by atoms with E-state index in [1.165, 1.54) is 12.8 Å². The van der Waals surface area contributed by atoms with Crippen molar-refractivity contribution < 1.29 is 13.2 Å². The molecule has 1 N–H and O–H groups in total. The van der Waals surface area contributed by atoms with Crippen LogP contribution in [-0.2, 0) is 24.9 Å². The molecule has 0 unspecified atom stereocenters. The molecule has 1 aromatic rings. The minimum atomic E-state index is -4.39. The number of hydrogen-bond acceptors (Lipinski definition) is 4. The Hall–Kier alpha value is -0.820. The number of fused-ring (bicyclic) bond motifs is 1. The van der Waals surface area contributed by atoms with Gasteiger partial charge in [0, 0.05) is 17.4 Å². The van der Waals surface area contributed by atoms with Crippen LogP contribution in [0, 0.1) is 0 Å². The van der Waals surface area contributed by atoms with Crippen LogP contribution in [0.5, 0.6) is 0 Å². The van der Waals surface area contributed by atoms with E-state index in [1.54, 1.807) is 11.8 Å². The highest BCUT2D eigenvalue weighted by molar-refractivity contribution is 7.99. The summed E-state index contributed by atoms with van der Waals surface area (Å²) in [5.41, 5.74) is 0.0671. The van der Waals surface area contributed by atoms with E-state index in [4.69, 9.17) is 0 Å². The van der Waals surface area contributed by atoms with Crippen molar-refractivity contribution in [2.24, 2.45) is 0 Å². The first-order valence-corrected chi connectivity index (χ1v) is 8.37. The molecule has 1 fully saturated rings. The van der Waals surface area contributed by atoms with Crippen molar-refractivity contribution >= 4 is 11.8 Å². The van der Waals surface area contributed by atoms with E-state index in [0.29, 0.717) is 42.0 Å². The second-order valence-corrected chi connectivity index (χ2v) is 6.84. The quantitative estimate of drug-likeness (QED) is 0.928. The maximum absolute atomic E-state index is 13.2. The van der Waals surface area contributed by atoms with Crippen LogP contribution in [0.15, 0.2) is 0 Å². The summed E-state index contributed by atoms with van der Waals surface area (Å²) in [6.07, 6.45) is 0.713. The molecule has 7 heteroatoms. The molecule has 0 bridgehead atoms. The van der Waals surface area contributed by atoms with E-state index in [2.05, 4.69) is 15.3 Å². The van der Waals surface area contributed by atoms with Crippen LogP contribution in [0.25, 0.3) is 0 Å². The predicted molar refractivity (Wildman–Crippen MR) is 76.0 cm³/mol. The topological polar surface area (TPSA) is 37.8 Å². The maximum atomic E-state index is 13.2. The Bertz CT molecular complexity index is 513. The minimum absolute atomic E-state index is 0.274. The molecule has 3 nitrogen and oxygen atoms in total. The highest BCUT2D eigenvalue weighted by atomic mass is 32.2. The van der Waals surface area contributed by atoms with Crippen LogP contribution in [0.4, 0.5) is 13.2 Å². The van der Waals surface area contributed by atoms with Gasteiger partial charge in [-0.3, -0.25) is 0 Å². The monoisotopic (exact) mass is 317 g/mol. The fourth-order valence-electron chi connectivity index (χ4n) is 2.96. The van der Waals surface area contributed by atoms with Gasteiger partial charge in [0.05, 0.1) is 11.4 Å². The first kappa shape index (κ1) is 15.1. The van der Waals surface area contributed by atoms with Gasteiger partial charge in [0.15, 0.2) is 5.69 Å². The summed E-state index contributed by atoms with van der Waals surface area (Å²) in [5.74, 6) is 0.794. The standard InChI is InChI=1S/C14H18F3N3S/c15-14(16,17)13-10-5-6-18-7-11(10)19-12(20-13)8-21-9-3-1-2-4-9/h9,18H,1-8H2. The first-order chi connectivity index (χ1) is 10.0. The summed E-state index contributed by atoms with van der Waals surface area (Å²) in [7, 11) is 0. The summed E-state index contributed by atoms with van der Waals surface area (Å²) in [6, 6.07) is 0. The van der Waals surface area contributed by atoms with Crippen molar-refractivity contribution in [3.63, 3.8) is 0 Å². The Labute approximate surface area is 126 Å². The molecule has 0 saturated heterocycles. The largest absolute Gasteiger partial charge is 0.433 e. The Kier molecular flexibility index (Phi) is 4.40. The summed E-state index contributed by atoms with van der Waals surface area (Å²) >= 11 is 1.69. The lowest BCUT2D eigenvalue weighted by Gasteiger charge is -2.21. The van der Waals surface area contributed by atoms with Crippen molar-refractivity contribution in [3.8, 4) is 0 Å². The van der Waals surface area contributed by atoms with Gasteiger partial charge in [-0.2, -0.15) is 24.9 Å². The van der Waals surface area contributed by atoms with Crippen molar-refractivity contribution in [2.75, 3.05) is 6.54 Å². The lowest BCUT2D eigenvalue weighted by Crippen LogP contribution is -2.29. The van der Waals surface area contributed by atoms with Crippen LogP contribution < -0.4 is 5.32 Å². The number of hydrogen-bond donors (Lipinski definition) is 1. The lowest BCUT2D eigenvalue weighted by molar-refractivity contribution is -0.142. The lowest BCUT2D eigenvalue weighted by atomic mass is 10.0. The average Bonchev–Trinajstić information content (AvgIpc) is 2.96. The number of halogens is 3. The van der Waals surface area contributed by atoms with Crippen LogP contribution in [0.2, 0.25) is 0 Å². The normalized spacial score (nSPS) is 19.8. The zero-order valence-corrected chi connectivity index (χ0v) is 12.5. The van der Waals surface area contributed by atoms with E-state index in [9.17, 15) is 13.2 Å². The number of alkyl halides is 3. The number of nitrogens with zero attached hydrogens (tertiary/aromatic N) is 2. The van der Waals surface area contributed by atoms with Gasteiger partial charge in [-0.1, -0.05) is 12.8 Å². The second-order valence-electron chi connectivity index (χ2n) is 5.56. The maximum Gasteiger partial charge on any atom is 0.433 e. The molecule has 0 aromatic carbocycles. The van der Waals surface area contributed by atoms with Crippen LogP contribution in [0.3, 0.4) is 0 Å². The molecular formula is C14H18F3N3S. The molecule has 2 aliphatic rings. The zero-order valence-electron chi connectivity index (χ0n) is 11.7. The second kappa shape index (κ2) is 6.12. The summed E-state index contributed by atoms with van der Waals surface area (Å²) in [6.45, 7) is 0.956. The highest BCUT2D eigenvalue weighted by Gasteiger charge is 2.37. The van der Waals surface area contributed by atoms with E-state index in [-0.39, 0.29) is 5.56 Å². The summed E-state index contributed by atoms with van der Waals surface area (Å²) in [4.78, 5) is 8.19. The van der Waals surface area contributed by atoms with E-state index >= 15 is 0 Å². The van der Waals surface area contributed by atoms with Gasteiger partial charge in [0.2, 0.25) is 0 Å². The van der Waals surface area contributed by atoms with Gasteiger partial charge in [0.1, 0.15) is 5.82 Å². The molecule has 0 radical (unpaired) electrons. The fourth-order valence-corrected chi connectivity index (χ4v) is 4.14. The number of rotatable bonds is 3. The molecule has 3 rings (SSSR count). The van der Waals surface area contributed by atoms with E-state index in [0.717, 1.165) is 12.8 Å². The molecule has 1 aliphatic carbocycles. The third-order valence-electron chi connectivity index (χ3n) is 4.00. The van der Waals surface area contributed by atoms with Crippen molar-refractivity contribution in [1.29, 1.82) is 0 Å². The molecular weight excluding hydrogens is 299 g/mol. The predicted octanol–water partition coefficient (Wildman–Crippen LogP) is 3.32. The third-order valence-corrected chi connectivity index (χ3v) is 5.37. The molecule has 2 heterocycles. The molecule has 1 aliphatic heterocycles. The fraction of sp³-hybridized carbons (Fsp3) is 0.714. The van der Waals surface area contributed by atoms with E-state index < -0.39 is 11.9 Å². The molecule has 0 atom stereocenters. The molecule has 1 saturated carbocycles. The highest BCUT2D eigenvalue weighted by Crippen LogP contribution is 2.34. The van der Waals surface area contributed by atoms with Crippen molar-refractivity contribution in [2.45, 2.75) is 55.8 Å². The van der Waals surface area contributed by atoms with Gasteiger partial charge in [-0.15, -0.1) is 0 Å². The first-order valence-electron chi connectivity index (χ1n) is 7.32. The SMILES string of the molecule is FC(F)(F)c1nc(CSC2CCCC2)nc2c1CCNC2. The van der Waals surface area contributed by atoms with Crippen molar-refractivity contribution in [1.82, 2.24) is 15.3 Å². The Balaban J connectivity index is 1.83. The summed E-state index contributed by atoms with van der Waals surface area (Å²) < 4.78 is 39.5. The van der Waals surface area contributed by atoms with Crippen molar-refractivity contribution in [3.05, 3.63) is 22.8 Å². The van der Waals surface area contributed by atoms with Gasteiger partial charge in [-0.25, -0.2) is 9.97 Å². The molecule has 21 heavy (non-hydrogen) atoms. The average molecular weight is 317 g/mol. The van der Waals surface area contributed by atoms with Crippen LogP contribution >= 0.6 is 11.8 Å². The van der Waals surface area contributed by atoms with Crippen LogP contribution in [0.1, 0.15) is 48.5 Å². The molecule has 0 spiro atoms. The Morgan fingerprint density at radius 1 is 1.19 bits per heavy atom. The number of aromatic nitrogens is 2.